The van der Waals surface area contributed by atoms with Crippen LogP contribution >= 0.6 is 0 Å². The van der Waals surface area contributed by atoms with Gasteiger partial charge in [-0.3, -0.25) is 0 Å². The molecule has 0 atom stereocenters. The highest BCUT2D eigenvalue weighted by molar-refractivity contribution is 6.11. The van der Waals surface area contributed by atoms with Crippen LogP contribution in [0, 0.1) is 13.8 Å². The Labute approximate surface area is 166 Å². The van der Waals surface area contributed by atoms with Crippen LogP contribution in [0.1, 0.15) is 11.1 Å². The lowest BCUT2D eigenvalue weighted by Gasteiger charge is -2.10. The first kappa shape index (κ1) is 16.8. The summed E-state index contributed by atoms with van der Waals surface area (Å²) in [4.78, 5) is 0. The van der Waals surface area contributed by atoms with Crippen LogP contribution in [0.25, 0.3) is 44.2 Å². The molecule has 0 unspecified atom stereocenters. The summed E-state index contributed by atoms with van der Waals surface area (Å²) in [6.07, 6.45) is 0. The minimum atomic E-state index is 1.26. The van der Waals surface area contributed by atoms with Crippen LogP contribution in [-0.2, 0) is 0 Å². The Balaban J connectivity index is 1.85. The average molecular weight is 358 g/mol. The molecule has 2 aliphatic rings. The van der Waals surface area contributed by atoms with Gasteiger partial charge in [0.1, 0.15) is 0 Å². The molecule has 0 bridgehead atoms. The van der Waals surface area contributed by atoms with Crippen LogP contribution in [0.3, 0.4) is 0 Å². The predicted molar refractivity (Wildman–Crippen MR) is 121 cm³/mol. The van der Waals surface area contributed by atoms with Gasteiger partial charge in [-0.1, -0.05) is 102 Å². The van der Waals surface area contributed by atoms with E-state index in [1.54, 1.807) is 0 Å². The fourth-order valence-corrected chi connectivity index (χ4v) is 4.10. The molecule has 0 saturated heterocycles. The average Bonchev–Trinajstić information content (AvgIpc) is 2.99. The second kappa shape index (κ2) is 6.65. The van der Waals surface area contributed by atoms with E-state index in [2.05, 4.69) is 111 Å². The SMILES string of the molecule is Cc1ccc(-c2cccc(-c3ccc(C)cc3)c3c4ccccc4cc2-3)cc1. The van der Waals surface area contributed by atoms with Gasteiger partial charge in [0.05, 0.1) is 0 Å². The molecule has 0 fully saturated rings. The van der Waals surface area contributed by atoms with Gasteiger partial charge in [-0.05, 0) is 64.1 Å². The van der Waals surface area contributed by atoms with Gasteiger partial charge in [-0.15, -0.1) is 0 Å². The van der Waals surface area contributed by atoms with E-state index in [4.69, 9.17) is 0 Å². The molecule has 0 radical (unpaired) electrons. The molecule has 28 heavy (non-hydrogen) atoms. The van der Waals surface area contributed by atoms with E-state index in [0.717, 1.165) is 0 Å². The van der Waals surface area contributed by atoms with Gasteiger partial charge < -0.3 is 0 Å². The van der Waals surface area contributed by atoms with Gasteiger partial charge in [0.25, 0.3) is 0 Å². The maximum Gasteiger partial charge on any atom is -0.00204 e. The summed E-state index contributed by atoms with van der Waals surface area (Å²) >= 11 is 0. The van der Waals surface area contributed by atoms with Gasteiger partial charge >= 0.3 is 0 Å². The number of aryl methyl sites for hydroxylation is 2. The molecule has 0 amide bonds. The van der Waals surface area contributed by atoms with Gasteiger partial charge in [0.15, 0.2) is 0 Å². The number of rotatable bonds is 2. The fraction of sp³-hybridized carbons (Fsp3) is 0.0714. The molecule has 0 heterocycles. The normalized spacial score (nSPS) is 11.2. The monoisotopic (exact) mass is 358 g/mol. The summed E-state index contributed by atoms with van der Waals surface area (Å²) in [5, 5.41) is 2.61. The van der Waals surface area contributed by atoms with Crippen molar-refractivity contribution in [1.29, 1.82) is 0 Å². The molecule has 0 spiro atoms. The number of hydrogen-bond acceptors (Lipinski definition) is 0. The van der Waals surface area contributed by atoms with Crippen molar-refractivity contribution in [2.24, 2.45) is 0 Å². The maximum absolute atomic E-state index is 2.34. The maximum atomic E-state index is 2.34. The molecule has 0 N–H and O–H groups in total. The number of benzene rings is 3. The van der Waals surface area contributed by atoms with Crippen molar-refractivity contribution in [1.82, 2.24) is 0 Å². The first-order valence-electron chi connectivity index (χ1n) is 9.79. The van der Waals surface area contributed by atoms with Gasteiger partial charge in [-0.2, -0.15) is 0 Å². The third-order valence-electron chi connectivity index (χ3n) is 5.61. The Morgan fingerprint density at radius 1 is 0.464 bits per heavy atom. The van der Waals surface area contributed by atoms with Crippen LogP contribution in [0.5, 0.6) is 0 Å². The first-order valence-corrected chi connectivity index (χ1v) is 9.79. The summed E-state index contributed by atoms with van der Waals surface area (Å²) in [7, 11) is 0. The van der Waals surface area contributed by atoms with E-state index in [0.29, 0.717) is 0 Å². The first-order chi connectivity index (χ1) is 13.7. The Bertz CT molecular complexity index is 1240. The van der Waals surface area contributed by atoms with Gasteiger partial charge in [0.2, 0.25) is 0 Å². The largest absolute Gasteiger partial charge is 0.0616 e. The minimum absolute atomic E-state index is 1.26. The van der Waals surface area contributed by atoms with Crippen molar-refractivity contribution in [3.63, 3.8) is 0 Å². The third-order valence-corrected chi connectivity index (χ3v) is 5.61. The molecule has 0 nitrogen and oxygen atoms in total. The van der Waals surface area contributed by atoms with Crippen molar-refractivity contribution >= 4 is 10.8 Å². The van der Waals surface area contributed by atoms with Gasteiger partial charge in [0, 0.05) is 0 Å². The van der Waals surface area contributed by atoms with E-state index in [-0.39, 0.29) is 0 Å². The van der Waals surface area contributed by atoms with Gasteiger partial charge in [-0.25, -0.2) is 0 Å². The standard InChI is InChI=1S/C28H22/c1-19-10-14-21(15-11-19)24-8-5-9-25(22-16-12-20(2)13-17-22)28-26-7-4-3-6-23(26)18-27(24)28/h3-18H,1-2H3. The molecule has 134 valence electrons. The zero-order valence-electron chi connectivity index (χ0n) is 16.2. The fourth-order valence-electron chi connectivity index (χ4n) is 4.10. The van der Waals surface area contributed by atoms with E-state index in [9.17, 15) is 0 Å². The molecule has 3 aromatic rings. The summed E-state index contributed by atoms with van der Waals surface area (Å²) in [5.74, 6) is 0. The second-order valence-electron chi connectivity index (χ2n) is 7.61. The van der Waals surface area contributed by atoms with Crippen molar-refractivity contribution in [3.8, 4) is 33.4 Å². The van der Waals surface area contributed by atoms with Crippen LogP contribution in [-0.4, -0.2) is 0 Å². The van der Waals surface area contributed by atoms with E-state index in [1.165, 1.54) is 55.3 Å². The van der Waals surface area contributed by atoms with Crippen molar-refractivity contribution < 1.29 is 0 Å². The Kier molecular flexibility index (Phi) is 3.98. The van der Waals surface area contributed by atoms with Crippen molar-refractivity contribution in [2.45, 2.75) is 13.8 Å². The lowest BCUT2D eigenvalue weighted by atomic mass is 9.93. The zero-order chi connectivity index (χ0) is 19.1. The van der Waals surface area contributed by atoms with Crippen LogP contribution in [0.4, 0.5) is 0 Å². The summed E-state index contributed by atoms with van der Waals surface area (Å²) < 4.78 is 0. The molecule has 0 aromatic heterocycles. The molecule has 0 aliphatic heterocycles. The third kappa shape index (κ3) is 2.78. The van der Waals surface area contributed by atoms with E-state index < -0.39 is 0 Å². The summed E-state index contributed by atoms with van der Waals surface area (Å²) in [6.45, 7) is 4.27. The Morgan fingerprint density at radius 2 is 1.04 bits per heavy atom. The van der Waals surface area contributed by atoms with E-state index >= 15 is 0 Å². The predicted octanol–water partition coefficient (Wildman–Crippen LogP) is 7.90. The smallest absolute Gasteiger partial charge is 0.00204 e. The zero-order valence-corrected chi connectivity index (χ0v) is 16.2. The second-order valence-corrected chi connectivity index (χ2v) is 7.61. The molecule has 5 rings (SSSR count). The summed E-state index contributed by atoms with van der Waals surface area (Å²) in [6, 6.07) is 35.5. The van der Waals surface area contributed by atoms with E-state index in [1.807, 2.05) is 0 Å². The summed E-state index contributed by atoms with van der Waals surface area (Å²) in [5.41, 5.74) is 10.3. The molecular weight excluding hydrogens is 336 g/mol. The van der Waals surface area contributed by atoms with Crippen molar-refractivity contribution in [2.75, 3.05) is 0 Å². The molecular formula is C28H22. The quantitative estimate of drug-likeness (QED) is 0.301. The molecule has 3 aromatic carbocycles. The lowest BCUT2D eigenvalue weighted by Crippen LogP contribution is -1.84. The topological polar surface area (TPSA) is 0 Å². The van der Waals surface area contributed by atoms with Crippen molar-refractivity contribution in [3.05, 3.63) is 108 Å². The molecule has 2 aliphatic carbocycles. The highest BCUT2D eigenvalue weighted by Crippen LogP contribution is 2.45. The lowest BCUT2D eigenvalue weighted by molar-refractivity contribution is 1.47. The minimum Gasteiger partial charge on any atom is -0.0616 e. The van der Waals surface area contributed by atoms with Crippen LogP contribution < -0.4 is 0 Å². The highest BCUT2D eigenvalue weighted by Gasteiger charge is 2.18. The Morgan fingerprint density at radius 3 is 1.71 bits per heavy atom. The highest BCUT2D eigenvalue weighted by atomic mass is 14.2. The van der Waals surface area contributed by atoms with Crippen LogP contribution in [0.2, 0.25) is 0 Å². The number of hydrogen-bond donors (Lipinski definition) is 0. The number of fused-ring (bicyclic) bond motifs is 3. The molecule has 0 heteroatoms. The molecule has 0 saturated carbocycles. The van der Waals surface area contributed by atoms with Crippen LogP contribution in [0.15, 0.2) is 97.1 Å². The Hall–Kier alpha value is -3.38.